The topological polar surface area (TPSA) is 71.8 Å². The number of nitrogens with zero attached hydrogens (tertiary/aromatic N) is 2. The van der Waals surface area contributed by atoms with Crippen molar-refractivity contribution < 1.29 is 4.92 Å². The number of aromatic amines is 1. The smallest absolute Gasteiger partial charge is 0.271 e. The monoisotopic (exact) mass is 297 g/mol. The van der Waals surface area contributed by atoms with Gasteiger partial charge in [-0.2, -0.15) is 0 Å². The lowest BCUT2D eigenvalue weighted by Gasteiger charge is -1.98. The van der Waals surface area contributed by atoms with E-state index in [0.717, 1.165) is 37.0 Å². The molecule has 3 heterocycles. The predicted octanol–water partition coefficient (Wildman–Crippen LogP) is 4.46. The number of nitro groups is 1. The van der Waals surface area contributed by atoms with Gasteiger partial charge in [-0.1, -0.05) is 0 Å². The van der Waals surface area contributed by atoms with E-state index >= 15 is 0 Å². The molecule has 21 heavy (non-hydrogen) atoms. The van der Waals surface area contributed by atoms with E-state index in [1.807, 2.05) is 13.0 Å². The highest BCUT2D eigenvalue weighted by Crippen LogP contribution is 2.39. The van der Waals surface area contributed by atoms with Crippen LogP contribution in [0, 0.1) is 24.0 Å². The average Bonchev–Trinajstić information content (AvgIpc) is 2.92. The van der Waals surface area contributed by atoms with Gasteiger partial charge in [0.2, 0.25) is 0 Å². The Kier molecular flexibility index (Phi) is 2.35. The van der Waals surface area contributed by atoms with Crippen LogP contribution in [0.1, 0.15) is 11.3 Å². The Morgan fingerprint density at radius 3 is 2.86 bits per heavy atom. The Bertz CT molecular complexity index is 1050. The first-order valence-corrected chi connectivity index (χ1v) is 7.33. The maximum Gasteiger partial charge on any atom is 0.271 e. The summed E-state index contributed by atoms with van der Waals surface area (Å²) in [5, 5.41) is 13.0. The summed E-state index contributed by atoms with van der Waals surface area (Å²) in [5.41, 5.74) is 4.10. The molecule has 5 nitrogen and oxygen atoms in total. The van der Waals surface area contributed by atoms with Gasteiger partial charge in [0.05, 0.1) is 20.7 Å². The molecular formula is C15H11N3O2S. The first-order chi connectivity index (χ1) is 10.0. The zero-order chi connectivity index (χ0) is 14.7. The van der Waals surface area contributed by atoms with E-state index in [4.69, 9.17) is 0 Å². The number of thiophene rings is 1. The Hall–Kier alpha value is -2.47. The third-order valence-corrected chi connectivity index (χ3v) is 4.82. The molecule has 4 rings (SSSR count). The van der Waals surface area contributed by atoms with Gasteiger partial charge in [-0.05, 0) is 31.5 Å². The van der Waals surface area contributed by atoms with Crippen molar-refractivity contribution in [3.8, 4) is 0 Å². The van der Waals surface area contributed by atoms with Crippen molar-refractivity contribution in [3.63, 3.8) is 0 Å². The molecule has 0 saturated heterocycles. The van der Waals surface area contributed by atoms with Gasteiger partial charge in [0, 0.05) is 28.6 Å². The fourth-order valence-corrected chi connectivity index (χ4v) is 4.12. The number of pyridine rings is 1. The van der Waals surface area contributed by atoms with Crippen LogP contribution in [0.15, 0.2) is 24.3 Å². The van der Waals surface area contributed by atoms with Crippen LogP contribution in [-0.2, 0) is 0 Å². The zero-order valence-corrected chi connectivity index (χ0v) is 12.2. The second-order valence-electron chi connectivity index (χ2n) is 5.18. The highest BCUT2D eigenvalue weighted by Gasteiger charge is 2.16. The van der Waals surface area contributed by atoms with Gasteiger partial charge in [-0.3, -0.25) is 10.1 Å². The quantitative estimate of drug-likeness (QED) is 0.416. The van der Waals surface area contributed by atoms with Crippen molar-refractivity contribution in [3.05, 3.63) is 45.6 Å². The minimum atomic E-state index is -0.372. The predicted molar refractivity (Wildman–Crippen MR) is 85.1 cm³/mol. The van der Waals surface area contributed by atoms with E-state index < -0.39 is 0 Å². The number of aromatic nitrogens is 2. The number of benzene rings is 1. The second kappa shape index (κ2) is 4.02. The molecule has 0 fully saturated rings. The van der Waals surface area contributed by atoms with Crippen molar-refractivity contribution >= 4 is 48.4 Å². The molecular weight excluding hydrogens is 286 g/mol. The molecule has 104 valence electrons. The Morgan fingerprint density at radius 2 is 2.10 bits per heavy atom. The highest BCUT2D eigenvalue weighted by atomic mass is 32.1. The van der Waals surface area contributed by atoms with Crippen LogP contribution in [0.2, 0.25) is 0 Å². The first kappa shape index (κ1) is 12.3. The van der Waals surface area contributed by atoms with Crippen LogP contribution in [0.25, 0.3) is 31.3 Å². The van der Waals surface area contributed by atoms with E-state index in [2.05, 4.69) is 23.0 Å². The standard InChI is InChI=1S/C15H11N3O2S/c1-7-5-8(2)16-15-12(7)13-14(21-15)10-4-3-9(18(19)20)6-11(10)17-13/h3-6,17H,1-2H3. The Morgan fingerprint density at radius 1 is 1.29 bits per heavy atom. The highest BCUT2D eigenvalue weighted by molar-refractivity contribution is 7.26. The van der Waals surface area contributed by atoms with Crippen molar-refractivity contribution in [1.82, 2.24) is 9.97 Å². The third-order valence-electron chi connectivity index (χ3n) is 3.71. The Balaban J connectivity index is 2.15. The maximum absolute atomic E-state index is 10.9. The molecule has 0 atom stereocenters. The number of non-ortho nitro benzene ring substituents is 1. The van der Waals surface area contributed by atoms with E-state index in [0.29, 0.717) is 0 Å². The summed E-state index contributed by atoms with van der Waals surface area (Å²) in [7, 11) is 0. The first-order valence-electron chi connectivity index (χ1n) is 6.51. The van der Waals surface area contributed by atoms with Gasteiger partial charge in [0.1, 0.15) is 4.83 Å². The van der Waals surface area contributed by atoms with Gasteiger partial charge >= 0.3 is 0 Å². The second-order valence-corrected chi connectivity index (χ2v) is 6.18. The van der Waals surface area contributed by atoms with E-state index in [1.165, 1.54) is 5.56 Å². The van der Waals surface area contributed by atoms with Crippen LogP contribution in [0.5, 0.6) is 0 Å². The van der Waals surface area contributed by atoms with Crippen LogP contribution < -0.4 is 0 Å². The molecule has 3 aromatic heterocycles. The fraction of sp³-hybridized carbons (Fsp3) is 0.133. The zero-order valence-electron chi connectivity index (χ0n) is 11.4. The summed E-state index contributed by atoms with van der Waals surface area (Å²) < 4.78 is 1.11. The fourth-order valence-electron chi connectivity index (χ4n) is 2.83. The molecule has 0 aliphatic heterocycles. The average molecular weight is 297 g/mol. The number of H-pyrrole nitrogens is 1. The molecule has 0 unspecified atom stereocenters. The van der Waals surface area contributed by atoms with E-state index in [-0.39, 0.29) is 10.6 Å². The summed E-state index contributed by atoms with van der Waals surface area (Å²) in [6.45, 7) is 4.05. The summed E-state index contributed by atoms with van der Waals surface area (Å²) in [6, 6.07) is 7.00. The lowest BCUT2D eigenvalue weighted by molar-refractivity contribution is -0.384. The molecule has 1 N–H and O–H groups in total. The number of aryl methyl sites for hydroxylation is 2. The summed E-state index contributed by atoms with van der Waals surface area (Å²) >= 11 is 1.63. The van der Waals surface area contributed by atoms with E-state index in [9.17, 15) is 10.1 Å². The molecule has 0 aliphatic carbocycles. The largest absolute Gasteiger partial charge is 0.353 e. The number of rotatable bonds is 1. The number of fused-ring (bicyclic) bond motifs is 5. The van der Waals surface area contributed by atoms with Crippen LogP contribution in [0.3, 0.4) is 0 Å². The van der Waals surface area contributed by atoms with Gasteiger partial charge in [-0.15, -0.1) is 11.3 Å². The molecule has 0 radical (unpaired) electrons. The lowest BCUT2D eigenvalue weighted by Crippen LogP contribution is -1.86. The normalized spacial score (nSPS) is 11.7. The summed E-state index contributed by atoms with van der Waals surface area (Å²) in [6.07, 6.45) is 0. The molecule has 6 heteroatoms. The van der Waals surface area contributed by atoms with Crippen LogP contribution >= 0.6 is 11.3 Å². The minimum absolute atomic E-state index is 0.103. The number of nitro benzene ring substituents is 1. The van der Waals surface area contributed by atoms with Gasteiger partial charge in [0.15, 0.2) is 0 Å². The molecule has 0 saturated carbocycles. The molecule has 0 aliphatic rings. The minimum Gasteiger partial charge on any atom is -0.353 e. The summed E-state index contributed by atoms with van der Waals surface area (Å²) in [5.74, 6) is 0. The molecule has 0 bridgehead atoms. The molecule has 0 spiro atoms. The van der Waals surface area contributed by atoms with Crippen molar-refractivity contribution in [2.45, 2.75) is 13.8 Å². The van der Waals surface area contributed by atoms with Crippen molar-refractivity contribution in [2.75, 3.05) is 0 Å². The Labute approximate surface area is 123 Å². The maximum atomic E-state index is 10.9. The van der Waals surface area contributed by atoms with Gasteiger partial charge < -0.3 is 4.98 Å². The van der Waals surface area contributed by atoms with Crippen LogP contribution in [0.4, 0.5) is 5.69 Å². The number of hydrogen-bond donors (Lipinski definition) is 1. The van der Waals surface area contributed by atoms with Crippen molar-refractivity contribution in [1.29, 1.82) is 0 Å². The number of hydrogen-bond acceptors (Lipinski definition) is 4. The number of nitrogens with one attached hydrogen (secondary N) is 1. The van der Waals surface area contributed by atoms with E-state index in [1.54, 1.807) is 23.5 Å². The lowest BCUT2D eigenvalue weighted by atomic mass is 10.1. The molecule has 1 aromatic carbocycles. The van der Waals surface area contributed by atoms with Gasteiger partial charge in [-0.25, -0.2) is 4.98 Å². The van der Waals surface area contributed by atoms with Crippen molar-refractivity contribution in [2.24, 2.45) is 0 Å². The van der Waals surface area contributed by atoms with Crippen LogP contribution in [-0.4, -0.2) is 14.9 Å². The molecule has 4 aromatic rings. The van der Waals surface area contributed by atoms with Gasteiger partial charge in [0.25, 0.3) is 5.69 Å². The summed E-state index contributed by atoms with van der Waals surface area (Å²) in [4.78, 5) is 19.4. The SMILES string of the molecule is Cc1cc(C)c2c(n1)sc1c3ccc([N+](=O)[O-])cc3[nH]c12. The molecule has 0 amide bonds. The third kappa shape index (κ3) is 1.66.